The normalized spacial score (nSPS) is 11.5. The average molecular weight is 658 g/mol. The van der Waals surface area contributed by atoms with E-state index >= 15 is 0 Å². The van der Waals surface area contributed by atoms with Gasteiger partial charge in [-0.15, -0.1) is 11.3 Å². The molecule has 10 heteroatoms. The number of hydrogen-bond donors (Lipinski definition) is 1. The Morgan fingerprint density at radius 1 is 0.872 bits per heavy atom. The van der Waals surface area contributed by atoms with E-state index in [1.165, 1.54) is 35.7 Å². The number of aromatic nitrogens is 1. The summed E-state index contributed by atoms with van der Waals surface area (Å²) in [7, 11) is 1.95. The van der Waals surface area contributed by atoms with Gasteiger partial charge in [0.1, 0.15) is 16.5 Å². The van der Waals surface area contributed by atoms with Crippen LogP contribution in [0.2, 0.25) is 0 Å². The molecule has 0 saturated heterocycles. The third-order valence-electron chi connectivity index (χ3n) is 7.71. The molecule has 0 atom stereocenters. The third kappa shape index (κ3) is 7.66. The highest BCUT2D eigenvalue weighted by atomic mass is 32.1. The maximum Gasteiger partial charge on any atom is 0.313 e. The first kappa shape index (κ1) is 33.7. The maximum absolute atomic E-state index is 14.9. The first-order chi connectivity index (χ1) is 22.4. The van der Waals surface area contributed by atoms with Gasteiger partial charge in [0, 0.05) is 35.1 Å². The zero-order valence-corrected chi connectivity index (χ0v) is 27.8. The highest BCUT2D eigenvalue weighted by Crippen LogP contribution is 2.40. The molecule has 0 aliphatic heterocycles. The minimum Gasteiger partial charge on any atom is -0.421 e. The van der Waals surface area contributed by atoms with Crippen LogP contribution in [-0.4, -0.2) is 28.4 Å². The summed E-state index contributed by atoms with van der Waals surface area (Å²) in [5.41, 5.74) is 2.54. The van der Waals surface area contributed by atoms with E-state index in [0.29, 0.717) is 34.6 Å². The summed E-state index contributed by atoms with van der Waals surface area (Å²) in [5.74, 6) is -3.06. The van der Waals surface area contributed by atoms with Crippen LogP contribution in [0, 0.1) is 23.5 Å². The van der Waals surface area contributed by atoms with E-state index in [9.17, 15) is 23.2 Å². The van der Waals surface area contributed by atoms with Gasteiger partial charge in [-0.25, -0.2) is 8.78 Å². The van der Waals surface area contributed by atoms with Crippen molar-refractivity contribution < 1.29 is 23.1 Å². The number of pyridine rings is 1. The molecule has 0 bridgehead atoms. The van der Waals surface area contributed by atoms with E-state index < -0.39 is 29.0 Å². The van der Waals surface area contributed by atoms with Gasteiger partial charge in [0.05, 0.1) is 24.0 Å². The molecule has 0 spiro atoms. The van der Waals surface area contributed by atoms with Gasteiger partial charge in [0.25, 0.3) is 0 Å². The van der Waals surface area contributed by atoms with Gasteiger partial charge >= 0.3 is 5.97 Å². The van der Waals surface area contributed by atoms with Gasteiger partial charge in [0.2, 0.25) is 11.3 Å². The lowest BCUT2D eigenvalue weighted by Crippen LogP contribution is -2.22. The highest BCUT2D eigenvalue weighted by molar-refractivity contribution is 7.22. The van der Waals surface area contributed by atoms with E-state index in [4.69, 9.17) is 4.74 Å². The molecule has 0 unspecified atom stereocenters. The second kappa shape index (κ2) is 14.4. The summed E-state index contributed by atoms with van der Waals surface area (Å²) in [6, 6.07) is 20.9. The lowest BCUT2D eigenvalue weighted by Gasteiger charge is -2.18. The Labute approximate surface area is 276 Å². The molecule has 2 aromatic heterocycles. The molecule has 0 aliphatic carbocycles. The van der Waals surface area contributed by atoms with Crippen LogP contribution in [-0.2, 0) is 29.2 Å². The Morgan fingerprint density at radius 3 is 2.15 bits per heavy atom. The molecule has 2 heterocycles. The number of rotatable bonds is 11. The SMILES string of the molecule is CC(C)C(=O)Nc1ccc(-c2sc3c(c2CN(C)Cc2ccccc2)c(=O)c(OC(=O)C(C)C)cn3Cc2c(F)cccc2F)cc1. The van der Waals surface area contributed by atoms with Crippen LogP contribution in [0.5, 0.6) is 5.75 Å². The molecule has 0 radical (unpaired) electrons. The largest absolute Gasteiger partial charge is 0.421 e. The molecule has 5 aromatic rings. The van der Waals surface area contributed by atoms with Crippen molar-refractivity contribution in [3.63, 3.8) is 0 Å². The molecule has 5 rings (SSSR count). The summed E-state index contributed by atoms with van der Waals surface area (Å²) >= 11 is 1.32. The minimum atomic E-state index is -0.726. The highest BCUT2D eigenvalue weighted by Gasteiger charge is 2.25. The van der Waals surface area contributed by atoms with Crippen LogP contribution in [0.25, 0.3) is 20.7 Å². The van der Waals surface area contributed by atoms with E-state index in [1.54, 1.807) is 30.5 Å². The number of thiophene rings is 1. The monoisotopic (exact) mass is 657 g/mol. The molecular weight excluding hydrogens is 620 g/mol. The molecular formula is C37H37F2N3O4S. The van der Waals surface area contributed by atoms with Crippen molar-refractivity contribution in [2.24, 2.45) is 11.8 Å². The zero-order chi connectivity index (χ0) is 33.8. The molecule has 244 valence electrons. The first-order valence-corrected chi connectivity index (χ1v) is 16.2. The van der Waals surface area contributed by atoms with Crippen molar-refractivity contribution in [3.05, 3.63) is 118 Å². The minimum absolute atomic E-state index is 0.108. The van der Waals surface area contributed by atoms with Gasteiger partial charge < -0.3 is 14.6 Å². The molecule has 0 saturated carbocycles. The number of carbonyl (C=O) groups excluding carboxylic acids is 2. The number of esters is 1. The summed E-state index contributed by atoms with van der Waals surface area (Å²) in [6.45, 7) is 7.65. The molecule has 0 fully saturated rings. The zero-order valence-electron chi connectivity index (χ0n) is 27.0. The Bertz CT molecular complexity index is 1950. The summed E-state index contributed by atoms with van der Waals surface area (Å²) < 4.78 is 37.0. The Balaban J connectivity index is 1.70. The van der Waals surface area contributed by atoms with Crippen LogP contribution >= 0.6 is 11.3 Å². The summed E-state index contributed by atoms with van der Waals surface area (Å²) in [6.07, 6.45) is 1.36. The van der Waals surface area contributed by atoms with Gasteiger partial charge in [-0.1, -0.05) is 76.2 Å². The number of halogens is 2. The number of amides is 1. The predicted octanol–water partition coefficient (Wildman–Crippen LogP) is 7.84. The number of fused-ring (bicyclic) bond motifs is 1. The molecule has 1 amide bonds. The number of nitrogens with zero attached hydrogens (tertiary/aromatic N) is 2. The number of benzene rings is 3. The molecule has 7 nitrogen and oxygen atoms in total. The maximum atomic E-state index is 14.9. The van der Waals surface area contributed by atoms with E-state index in [-0.39, 0.29) is 29.7 Å². The molecule has 1 N–H and O–H groups in total. The van der Waals surface area contributed by atoms with Crippen molar-refractivity contribution in [1.82, 2.24) is 9.47 Å². The van der Waals surface area contributed by atoms with Crippen molar-refractivity contribution in [3.8, 4) is 16.2 Å². The summed E-state index contributed by atoms with van der Waals surface area (Å²) in [4.78, 5) is 42.5. The van der Waals surface area contributed by atoms with Gasteiger partial charge in [0.15, 0.2) is 5.75 Å². The Hall–Kier alpha value is -4.67. The predicted molar refractivity (Wildman–Crippen MR) is 183 cm³/mol. The lowest BCUT2D eigenvalue weighted by molar-refractivity contribution is -0.137. The number of anilines is 1. The van der Waals surface area contributed by atoms with Crippen molar-refractivity contribution in [2.45, 2.75) is 47.3 Å². The quantitative estimate of drug-likeness (QED) is 0.146. The summed E-state index contributed by atoms with van der Waals surface area (Å²) in [5, 5.41) is 3.21. The Kier molecular flexibility index (Phi) is 10.3. The van der Waals surface area contributed by atoms with Gasteiger partial charge in [-0.05, 0) is 48.0 Å². The van der Waals surface area contributed by atoms with Crippen molar-refractivity contribution >= 4 is 39.1 Å². The topological polar surface area (TPSA) is 80.6 Å². The lowest BCUT2D eigenvalue weighted by atomic mass is 10.0. The number of ether oxygens (including phenoxy) is 1. The van der Waals surface area contributed by atoms with Crippen LogP contribution in [0.3, 0.4) is 0 Å². The standard InChI is InChI=1S/C37H37F2N3O4S/c1-22(2)35(44)40-26-16-14-25(15-17-26)34-28(19-41(5)18-24-10-7-6-8-11-24)32-33(43)31(46-37(45)23(3)4)21-42(36(32)47-34)20-27-29(38)12-9-13-30(27)39/h6-17,21-23H,18-20H2,1-5H3,(H,40,44). The average Bonchev–Trinajstić information content (AvgIpc) is 3.41. The van der Waals surface area contributed by atoms with Crippen molar-refractivity contribution in [2.75, 3.05) is 12.4 Å². The van der Waals surface area contributed by atoms with Crippen LogP contribution in [0.15, 0.2) is 83.8 Å². The Morgan fingerprint density at radius 2 is 1.53 bits per heavy atom. The molecule has 3 aromatic carbocycles. The van der Waals surface area contributed by atoms with E-state index in [1.807, 2.05) is 63.4 Å². The van der Waals surface area contributed by atoms with Crippen molar-refractivity contribution in [1.29, 1.82) is 0 Å². The van der Waals surface area contributed by atoms with Crippen LogP contribution in [0.4, 0.5) is 14.5 Å². The number of hydrogen-bond acceptors (Lipinski definition) is 6. The van der Waals surface area contributed by atoms with Crippen LogP contribution in [0.1, 0.15) is 44.4 Å². The number of nitrogens with one attached hydrogen (secondary N) is 1. The first-order valence-electron chi connectivity index (χ1n) is 15.4. The fraction of sp³-hybridized carbons (Fsp3) is 0.270. The van der Waals surface area contributed by atoms with E-state index in [0.717, 1.165) is 16.0 Å². The fourth-order valence-electron chi connectivity index (χ4n) is 5.14. The second-order valence-electron chi connectivity index (χ2n) is 12.2. The second-order valence-corrected chi connectivity index (χ2v) is 13.2. The van der Waals surface area contributed by atoms with Gasteiger partial charge in [-0.3, -0.25) is 19.3 Å². The van der Waals surface area contributed by atoms with Crippen LogP contribution < -0.4 is 15.5 Å². The van der Waals surface area contributed by atoms with Gasteiger partial charge in [-0.2, -0.15) is 0 Å². The smallest absolute Gasteiger partial charge is 0.313 e. The fourth-order valence-corrected chi connectivity index (χ4v) is 6.43. The third-order valence-corrected chi connectivity index (χ3v) is 9.03. The molecule has 47 heavy (non-hydrogen) atoms. The van der Waals surface area contributed by atoms with E-state index in [2.05, 4.69) is 10.2 Å². The number of carbonyl (C=O) groups is 2. The molecule has 0 aliphatic rings.